The molecule has 0 spiro atoms. The van der Waals surface area contributed by atoms with Crippen molar-refractivity contribution in [2.75, 3.05) is 0 Å². The molecule has 0 fully saturated rings. The first kappa shape index (κ1) is 25.8. The fraction of sp³-hybridized carbons (Fsp3) is 0.0811. The average Bonchev–Trinajstić information content (AvgIpc) is 3.02. The molecule has 190 valence electrons. The van der Waals surface area contributed by atoms with Crippen LogP contribution in [0.3, 0.4) is 0 Å². The number of rotatable bonds is 7. The second-order valence-electron chi connectivity index (χ2n) is 9.39. The van der Waals surface area contributed by atoms with Crippen LogP contribution in [0.15, 0.2) is 156 Å². The van der Waals surface area contributed by atoms with Crippen molar-refractivity contribution in [3.63, 3.8) is 0 Å². The van der Waals surface area contributed by atoms with Gasteiger partial charge in [0.05, 0.1) is 5.70 Å². The Labute approximate surface area is 231 Å². The summed E-state index contributed by atoms with van der Waals surface area (Å²) in [6.07, 6.45) is 3.05. The van der Waals surface area contributed by atoms with Crippen LogP contribution < -0.4 is 0 Å². The number of nitrogens with zero attached hydrogens (tertiary/aromatic N) is 2. The molecule has 2 nitrogen and oxygen atoms in total. The molecule has 0 N–H and O–H groups in total. The molecule has 0 aliphatic carbocycles. The van der Waals surface area contributed by atoms with Crippen molar-refractivity contribution in [3.8, 4) is 22.3 Å². The van der Waals surface area contributed by atoms with Gasteiger partial charge in [-0.05, 0) is 53.3 Å². The third-order valence-electron chi connectivity index (χ3n) is 6.58. The third-order valence-corrected chi connectivity index (χ3v) is 6.58. The molecule has 0 amide bonds. The van der Waals surface area contributed by atoms with Crippen molar-refractivity contribution >= 4 is 17.2 Å². The van der Waals surface area contributed by atoms with Gasteiger partial charge in [-0.2, -0.15) is 0 Å². The first-order chi connectivity index (χ1) is 19.2. The summed E-state index contributed by atoms with van der Waals surface area (Å²) in [5.41, 5.74) is 9.75. The standard InChI is InChI=1S/C37H32N2/c1-3-15-36(39-37(31-20-11-6-12-21-31)38-28(2)29-16-7-4-8-17-29)35-25-14-24-34(27-35)33-23-13-22-32(26-33)30-18-9-5-10-19-30/h4-27H,3H2,1-2H3/b36-15+,38-28+,39-37-. The Kier molecular flexibility index (Phi) is 8.35. The molecular weight excluding hydrogens is 472 g/mol. The van der Waals surface area contributed by atoms with Gasteiger partial charge in [0, 0.05) is 16.8 Å². The van der Waals surface area contributed by atoms with E-state index in [1.807, 2.05) is 49.4 Å². The first-order valence-corrected chi connectivity index (χ1v) is 13.4. The van der Waals surface area contributed by atoms with Gasteiger partial charge in [0.1, 0.15) is 0 Å². The van der Waals surface area contributed by atoms with Crippen molar-refractivity contribution in [1.29, 1.82) is 0 Å². The molecule has 0 saturated carbocycles. The zero-order chi connectivity index (χ0) is 26.9. The summed E-state index contributed by atoms with van der Waals surface area (Å²) in [6, 6.07) is 48.3. The van der Waals surface area contributed by atoms with Crippen LogP contribution in [-0.4, -0.2) is 11.5 Å². The predicted octanol–water partition coefficient (Wildman–Crippen LogP) is 9.73. The van der Waals surface area contributed by atoms with Gasteiger partial charge in [0.25, 0.3) is 0 Å². The largest absolute Gasteiger partial charge is 0.233 e. The van der Waals surface area contributed by atoms with Crippen LogP contribution in [0.5, 0.6) is 0 Å². The van der Waals surface area contributed by atoms with Crippen molar-refractivity contribution in [2.45, 2.75) is 20.3 Å². The maximum absolute atomic E-state index is 5.16. The van der Waals surface area contributed by atoms with E-state index in [0.29, 0.717) is 5.84 Å². The van der Waals surface area contributed by atoms with Gasteiger partial charge in [0.2, 0.25) is 0 Å². The van der Waals surface area contributed by atoms with Gasteiger partial charge in [-0.15, -0.1) is 0 Å². The van der Waals surface area contributed by atoms with Crippen molar-refractivity contribution in [3.05, 3.63) is 162 Å². The summed E-state index contributed by atoms with van der Waals surface area (Å²) in [6.45, 7) is 4.18. The summed E-state index contributed by atoms with van der Waals surface area (Å²) < 4.78 is 0. The number of amidine groups is 1. The molecule has 2 heteroatoms. The van der Waals surface area contributed by atoms with E-state index < -0.39 is 0 Å². The minimum Gasteiger partial charge on any atom is -0.233 e. The summed E-state index contributed by atoms with van der Waals surface area (Å²) in [5.74, 6) is 0.702. The zero-order valence-corrected chi connectivity index (χ0v) is 22.5. The van der Waals surface area contributed by atoms with Crippen LogP contribution in [0.2, 0.25) is 0 Å². The van der Waals surface area contributed by atoms with Crippen LogP contribution in [-0.2, 0) is 0 Å². The molecule has 5 rings (SSSR count). The Balaban J connectivity index is 1.56. The summed E-state index contributed by atoms with van der Waals surface area (Å²) >= 11 is 0. The van der Waals surface area contributed by atoms with Gasteiger partial charge in [-0.25, -0.2) is 9.98 Å². The molecule has 0 aromatic heterocycles. The van der Waals surface area contributed by atoms with E-state index in [2.05, 4.69) is 110 Å². The van der Waals surface area contributed by atoms with Gasteiger partial charge < -0.3 is 0 Å². The van der Waals surface area contributed by atoms with E-state index in [1.165, 1.54) is 16.7 Å². The minimum absolute atomic E-state index is 0.702. The molecule has 5 aromatic rings. The molecule has 39 heavy (non-hydrogen) atoms. The lowest BCUT2D eigenvalue weighted by atomic mass is 9.97. The normalized spacial score (nSPS) is 12.4. The Morgan fingerprint density at radius 3 is 1.64 bits per heavy atom. The monoisotopic (exact) mass is 504 g/mol. The van der Waals surface area contributed by atoms with Crippen LogP contribution in [0, 0.1) is 0 Å². The van der Waals surface area contributed by atoms with Crippen molar-refractivity contribution in [1.82, 2.24) is 0 Å². The number of hydrogen-bond donors (Lipinski definition) is 0. The zero-order valence-electron chi connectivity index (χ0n) is 22.5. The van der Waals surface area contributed by atoms with E-state index >= 15 is 0 Å². The van der Waals surface area contributed by atoms with Gasteiger partial charge in [-0.1, -0.05) is 140 Å². The topological polar surface area (TPSA) is 24.7 Å². The lowest BCUT2D eigenvalue weighted by Crippen LogP contribution is -2.04. The molecule has 0 unspecified atom stereocenters. The average molecular weight is 505 g/mol. The molecule has 0 aliphatic rings. The van der Waals surface area contributed by atoms with Crippen LogP contribution in [0.1, 0.15) is 37.0 Å². The van der Waals surface area contributed by atoms with Crippen molar-refractivity contribution in [2.24, 2.45) is 9.98 Å². The van der Waals surface area contributed by atoms with Gasteiger partial charge in [0.15, 0.2) is 5.84 Å². The molecule has 5 aromatic carbocycles. The highest BCUT2D eigenvalue weighted by molar-refractivity contribution is 6.12. The van der Waals surface area contributed by atoms with Gasteiger partial charge >= 0.3 is 0 Å². The maximum Gasteiger partial charge on any atom is 0.160 e. The van der Waals surface area contributed by atoms with Crippen LogP contribution in [0.4, 0.5) is 0 Å². The summed E-state index contributed by atoms with van der Waals surface area (Å²) in [5, 5.41) is 0. The SMILES string of the molecule is CC/C=C(/N=C(\N=C(/C)c1ccccc1)c1ccccc1)c1cccc(-c2cccc(-c3ccccc3)c2)c1. The van der Waals surface area contributed by atoms with E-state index in [9.17, 15) is 0 Å². The summed E-state index contributed by atoms with van der Waals surface area (Å²) in [7, 11) is 0. The molecular formula is C37H32N2. The lowest BCUT2D eigenvalue weighted by molar-refractivity contribution is 1.21. The number of allylic oxidation sites excluding steroid dienone is 1. The Morgan fingerprint density at radius 1 is 0.513 bits per heavy atom. The van der Waals surface area contributed by atoms with Crippen molar-refractivity contribution < 1.29 is 0 Å². The lowest BCUT2D eigenvalue weighted by Gasteiger charge is -2.11. The molecule has 0 aliphatic heterocycles. The van der Waals surface area contributed by atoms with E-state index in [0.717, 1.165) is 40.1 Å². The highest BCUT2D eigenvalue weighted by atomic mass is 14.9. The van der Waals surface area contributed by atoms with E-state index in [4.69, 9.17) is 9.98 Å². The Morgan fingerprint density at radius 2 is 1.00 bits per heavy atom. The molecule has 0 saturated heterocycles. The first-order valence-electron chi connectivity index (χ1n) is 13.4. The van der Waals surface area contributed by atoms with Gasteiger partial charge in [-0.3, -0.25) is 0 Å². The van der Waals surface area contributed by atoms with E-state index in [-0.39, 0.29) is 0 Å². The fourth-order valence-corrected chi connectivity index (χ4v) is 4.55. The second kappa shape index (κ2) is 12.6. The maximum atomic E-state index is 5.16. The minimum atomic E-state index is 0.702. The molecule has 0 heterocycles. The Hall–Kier alpha value is -4.82. The van der Waals surface area contributed by atoms with Crippen LogP contribution >= 0.6 is 0 Å². The molecule has 0 bridgehead atoms. The number of benzene rings is 5. The summed E-state index contributed by atoms with van der Waals surface area (Å²) in [4.78, 5) is 10.2. The third kappa shape index (κ3) is 6.55. The van der Waals surface area contributed by atoms with E-state index in [1.54, 1.807) is 0 Å². The highest BCUT2D eigenvalue weighted by Gasteiger charge is 2.09. The quantitative estimate of drug-likeness (QED) is 0.156. The fourth-order valence-electron chi connectivity index (χ4n) is 4.55. The number of aliphatic imine (C=N–C) groups is 2. The molecule has 0 radical (unpaired) electrons. The Bertz CT molecular complexity index is 1610. The molecule has 0 atom stereocenters. The van der Waals surface area contributed by atoms with Crippen LogP contribution in [0.25, 0.3) is 28.0 Å². The highest BCUT2D eigenvalue weighted by Crippen LogP contribution is 2.29. The second-order valence-corrected chi connectivity index (χ2v) is 9.39. The predicted molar refractivity (Wildman–Crippen MR) is 167 cm³/mol. The smallest absolute Gasteiger partial charge is 0.160 e. The number of hydrogen-bond acceptors (Lipinski definition) is 1.